The Morgan fingerprint density at radius 1 is 1.24 bits per heavy atom. The molecule has 6 heteroatoms. The van der Waals surface area contributed by atoms with Gasteiger partial charge in [0, 0.05) is 16.5 Å². The summed E-state index contributed by atoms with van der Waals surface area (Å²) in [5.74, 6) is -0.597. The molecule has 0 amide bonds. The first-order valence-corrected chi connectivity index (χ1v) is 9.06. The van der Waals surface area contributed by atoms with Crippen molar-refractivity contribution in [2.45, 2.75) is 31.7 Å². The van der Waals surface area contributed by atoms with Gasteiger partial charge in [-0.2, -0.15) is 0 Å². The molecule has 1 aromatic carbocycles. The van der Waals surface area contributed by atoms with E-state index in [0.717, 1.165) is 24.3 Å². The highest BCUT2D eigenvalue weighted by Crippen LogP contribution is 2.27. The molecule has 0 bridgehead atoms. The Kier molecular flexibility index (Phi) is 7.17. The van der Waals surface area contributed by atoms with E-state index in [-0.39, 0.29) is 36.1 Å². The van der Waals surface area contributed by atoms with E-state index >= 15 is 0 Å². The lowest BCUT2D eigenvalue weighted by atomic mass is 10.1. The predicted molar refractivity (Wildman–Crippen MR) is 102 cm³/mol. The van der Waals surface area contributed by atoms with E-state index in [1.807, 2.05) is 31.2 Å². The monoisotopic (exact) mass is 379 g/mol. The van der Waals surface area contributed by atoms with Gasteiger partial charge in [-0.05, 0) is 38.4 Å². The SMILES string of the molecule is CC(C(=O)OCC1CCCN1)c1ccc(C(=O)c2ccccc2)s1.Cl. The predicted octanol–water partition coefficient (Wildman–Crippen LogP) is 3.80. The van der Waals surface area contributed by atoms with Crippen LogP contribution in [0.4, 0.5) is 0 Å². The number of carbonyl (C=O) groups excluding carboxylic acids is 2. The van der Waals surface area contributed by atoms with Gasteiger partial charge in [-0.25, -0.2) is 0 Å². The third kappa shape index (κ3) is 4.91. The van der Waals surface area contributed by atoms with E-state index in [1.165, 1.54) is 11.3 Å². The minimum absolute atomic E-state index is 0. The molecule has 0 radical (unpaired) electrons. The molecule has 0 saturated carbocycles. The second-order valence-electron chi connectivity index (χ2n) is 6.04. The van der Waals surface area contributed by atoms with Crippen molar-refractivity contribution < 1.29 is 14.3 Å². The first-order valence-electron chi connectivity index (χ1n) is 8.24. The maximum Gasteiger partial charge on any atom is 0.314 e. The third-order valence-corrected chi connectivity index (χ3v) is 5.52. The number of nitrogens with one attached hydrogen (secondary N) is 1. The van der Waals surface area contributed by atoms with Gasteiger partial charge in [0.25, 0.3) is 0 Å². The molecular formula is C19H22ClNO3S. The maximum absolute atomic E-state index is 12.4. The van der Waals surface area contributed by atoms with Gasteiger partial charge < -0.3 is 10.1 Å². The smallest absolute Gasteiger partial charge is 0.314 e. The van der Waals surface area contributed by atoms with Crippen molar-refractivity contribution in [2.24, 2.45) is 0 Å². The lowest BCUT2D eigenvalue weighted by molar-refractivity contribution is -0.145. The van der Waals surface area contributed by atoms with E-state index in [1.54, 1.807) is 18.2 Å². The molecule has 4 nitrogen and oxygen atoms in total. The number of ether oxygens (including phenoxy) is 1. The van der Waals surface area contributed by atoms with Crippen molar-refractivity contribution in [3.63, 3.8) is 0 Å². The average molecular weight is 380 g/mol. The molecule has 1 saturated heterocycles. The standard InChI is InChI=1S/C19H21NO3S.ClH/c1-13(19(22)23-12-15-8-5-11-20-15)16-9-10-17(24-16)18(21)14-6-3-2-4-7-14;/h2-4,6-7,9-10,13,15,20H,5,8,11-12H2,1H3;1H. The summed E-state index contributed by atoms with van der Waals surface area (Å²) in [4.78, 5) is 26.2. The fourth-order valence-electron chi connectivity index (χ4n) is 2.76. The zero-order valence-electron chi connectivity index (χ0n) is 14.1. The molecule has 25 heavy (non-hydrogen) atoms. The van der Waals surface area contributed by atoms with Crippen LogP contribution in [0.15, 0.2) is 42.5 Å². The first-order chi connectivity index (χ1) is 11.6. The molecule has 2 unspecified atom stereocenters. The number of hydrogen-bond donors (Lipinski definition) is 1. The molecule has 2 atom stereocenters. The fraction of sp³-hybridized carbons (Fsp3) is 0.368. The summed E-state index contributed by atoms with van der Waals surface area (Å²) in [6.07, 6.45) is 2.18. The van der Waals surface area contributed by atoms with Crippen LogP contribution in [0.1, 0.15) is 45.8 Å². The van der Waals surface area contributed by atoms with Crippen molar-refractivity contribution in [3.8, 4) is 0 Å². The second kappa shape index (κ2) is 9.13. The Labute approximate surface area is 158 Å². The largest absolute Gasteiger partial charge is 0.464 e. The van der Waals surface area contributed by atoms with E-state index in [9.17, 15) is 9.59 Å². The second-order valence-corrected chi connectivity index (χ2v) is 7.16. The number of ketones is 1. The first kappa shape index (κ1) is 19.6. The summed E-state index contributed by atoms with van der Waals surface area (Å²) in [5, 5.41) is 3.31. The zero-order valence-corrected chi connectivity index (χ0v) is 15.7. The van der Waals surface area contributed by atoms with Gasteiger partial charge in [0.15, 0.2) is 0 Å². The van der Waals surface area contributed by atoms with E-state index in [2.05, 4.69) is 5.32 Å². The Bertz CT molecular complexity index is 710. The van der Waals surface area contributed by atoms with Crippen LogP contribution in [0.25, 0.3) is 0 Å². The zero-order chi connectivity index (χ0) is 16.9. The molecule has 1 aliphatic heterocycles. The molecular weight excluding hydrogens is 358 g/mol. The molecule has 2 aromatic rings. The Balaban J connectivity index is 0.00000225. The van der Waals surface area contributed by atoms with Gasteiger partial charge in [-0.3, -0.25) is 9.59 Å². The highest BCUT2D eigenvalue weighted by atomic mass is 35.5. The highest BCUT2D eigenvalue weighted by Gasteiger charge is 2.23. The number of carbonyl (C=O) groups is 2. The normalized spacial score (nSPS) is 17.6. The maximum atomic E-state index is 12.4. The van der Waals surface area contributed by atoms with E-state index in [4.69, 9.17) is 4.74 Å². The van der Waals surface area contributed by atoms with Crippen LogP contribution in [-0.2, 0) is 9.53 Å². The van der Waals surface area contributed by atoms with E-state index in [0.29, 0.717) is 17.0 Å². The van der Waals surface area contributed by atoms with Crippen LogP contribution in [0, 0.1) is 0 Å². The quantitative estimate of drug-likeness (QED) is 0.612. The van der Waals surface area contributed by atoms with E-state index < -0.39 is 0 Å². The van der Waals surface area contributed by atoms with Crippen LogP contribution in [0.3, 0.4) is 0 Å². The van der Waals surface area contributed by atoms with Crippen LogP contribution < -0.4 is 5.32 Å². The average Bonchev–Trinajstić information content (AvgIpc) is 3.30. The van der Waals surface area contributed by atoms with Crippen molar-refractivity contribution in [1.29, 1.82) is 0 Å². The molecule has 134 valence electrons. The number of esters is 1. The van der Waals surface area contributed by atoms with Gasteiger partial charge >= 0.3 is 5.97 Å². The molecule has 1 aromatic heterocycles. The van der Waals surface area contributed by atoms with Gasteiger partial charge in [-0.1, -0.05) is 30.3 Å². The number of halogens is 1. The topological polar surface area (TPSA) is 55.4 Å². The summed E-state index contributed by atoms with van der Waals surface area (Å²) in [6.45, 7) is 3.24. The number of benzene rings is 1. The Hall–Kier alpha value is -1.69. The van der Waals surface area contributed by atoms with Crippen LogP contribution >= 0.6 is 23.7 Å². The van der Waals surface area contributed by atoms with Crippen LogP contribution in [-0.4, -0.2) is 30.9 Å². The molecule has 1 aliphatic rings. The summed E-state index contributed by atoms with van der Waals surface area (Å²) < 4.78 is 5.42. The lowest BCUT2D eigenvalue weighted by Crippen LogP contribution is -2.29. The van der Waals surface area contributed by atoms with Gasteiger partial charge in [0.05, 0.1) is 10.8 Å². The minimum Gasteiger partial charge on any atom is -0.464 e. The van der Waals surface area contributed by atoms with Gasteiger partial charge in [0.1, 0.15) is 6.61 Å². The summed E-state index contributed by atoms with van der Waals surface area (Å²) in [7, 11) is 0. The van der Waals surface area contributed by atoms with Crippen molar-refractivity contribution in [1.82, 2.24) is 5.32 Å². The Morgan fingerprint density at radius 2 is 2.00 bits per heavy atom. The summed E-state index contributed by atoms with van der Waals surface area (Å²) in [6, 6.07) is 13.1. The summed E-state index contributed by atoms with van der Waals surface area (Å²) in [5.41, 5.74) is 0.661. The lowest BCUT2D eigenvalue weighted by Gasteiger charge is -2.13. The van der Waals surface area contributed by atoms with Crippen LogP contribution in [0.5, 0.6) is 0 Å². The Morgan fingerprint density at radius 3 is 2.68 bits per heavy atom. The van der Waals surface area contributed by atoms with Crippen molar-refractivity contribution in [2.75, 3.05) is 13.2 Å². The minimum atomic E-state index is -0.353. The van der Waals surface area contributed by atoms with Crippen molar-refractivity contribution in [3.05, 3.63) is 57.8 Å². The number of rotatable bonds is 6. The molecule has 0 aliphatic carbocycles. The molecule has 1 N–H and O–H groups in total. The van der Waals surface area contributed by atoms with Gasteiger partial charge in [0.2, 0.25) is 5.78 Å². The molecule has 3 rings (SSSR count). The van der Waals surface area contributed by atoms with Crippen molar-refractivity contribution >= 4 is 35.5 Å². The molecule has 1 fully saturated rings. The number of hydrogen-bond acceptors (Lipinski definition) is 5. The number of thiophene rings is 1. The molecule has 2 heterocycles. The fourth-order valence-corrected chi connectivity index (χ4v) is 3.77. The van der Waals surface area contributed by atoms with Gasteiger partial charge in [-0.15, -0.1) is 23.7 Å². The molecule has 0 spiro atoms. The highest BCUT2D eigenvalue weighted by molar-refractivity contribution is 7.14. The van der Waals surface area contributed by atoms with Crippen LogP contribution in [0.2, 0.25) is 0 Å². The third-order valence-electron chi connectivity index (χ3n) is 4.26. The summed E-state index contributed by atoms with van der Waals surface area (Å²) >= 11 is 1.36.